The molecule has 5 nitrogen and oxygen atoms in total. The molecule has 1 aromatic carbocycles. The first-order valence-corrected chi connectivity index (χ1v) is 5.93. The molecule has 1 aromatic heterocycles. The summed E-state index contributed by atoms with van der Waals surface area (Å²) >= 11 is 5.79. The first-order valence-electron chi connectivity index (χ1n) is 5.55. The Labute approximate surface area is 115 Å². The van der Waals surface area contributed by atoms with E-state index < -0.39 is 0 Å². The minimum atomic E-state index is -0.336. The van der Waals surface area contributed by atoms with Crippen LogP contribution in [0, 0.1) is 6.92 Å². The lowest BCUT2D eigenvalue weighted by molar-refractivity contribution is 0.102. The van der Waals surface area contributed by atoms with Gasteiger partial charge in [0.25, 0.3) is 5.91 Å². The lowest BCUT2D eigenvalue weighted by Crippen LogP contribution is -2.14. The standard InChI is InChI=1S/C13H12ClN3O2/c1-8-15-11(7-12(14)16-8)13(18)17-9-3-5-10(19-2)6-4-9/h3-7H,1-2H3,(H,17,18). The molecule has 2 aromatic rings. The predicted molar refractivity (Wildman–Crippen MR) is 72.7 cm³/mol. The number of nitrogens with zero attached hydrogens (tertiary/aromatic N) is 2. The Bertz CT molecular complexity index is 579. The van der Waals surface area contributed by atoms with E-state index in [-0.39, 0.29) is 16.8 Å². The molecule has 0 unspecified atom stereocenters. The molecule has 0 fully saturated rings. The van der Waals surface area contributed by atoms with Gasteiger partial charge in [-0.25, -0.2) is 9.97 Å². The van der Waals surface area contributed by atoms with Crippen LogP contribution in [-0.4, -0.2) is 23.0 Å². The highest BCUT2D eigenvalue weighted by molar-refractivity contribution is 6.29. The van der Waals surface area contributed by atoms with Gasteiger partial charge < -0.3 is 10.1 Å². The second-order valence-electron chi connectivity index (χ2n) is 3.81. The number of aromatic nitrogens is 2. The zero-order chi connectivity index (χ0) is 13.8. The minimum Gasteiger partial charge on any atom is -0.497 e. The van der Waals surface area contributed by atoms with Crippen molar-refractivity contribution in [1.82, 2.24) is 9.97 Å². The number of hydrogen-bond acceptors (Lipinski definition) is 4. The normalized spacial score (nSPS) is 10.1. The fourth-order valence-electron chi connectivity index (χ4n) is 1.52. The van der Waals surface area contributed by atoms with Gasteiger partial charge in [-0.3, -0.25) is 4.79 Å². The van der Waals surface area contributed by atoms with E-state index >= 15 is 0 Å². The monoisotopic (exact) mass is 277 g/mol. The van der Waals surface area contributed by atoms with E-state index in [1.54, 1.807) is 38.3 Å². The SMILES string of the molecule is COc1ccc(NC(=O)c2cc(Cl)nc(C)n2)cc1. The van der Waals surface area contributed by atoms with Gasteiger partial charge in [-0.05, 0) is 31.2 Å². The number of anilines is 1. The Morgan fingerprint density at radius 3 is 2.53 bits per heavy atom. The Kier molecular flexibility index (Phi) is 3.97. The van der Waals surface area contributed by atoms with Gasteiger partial charge in [0, 0.05) is 11.8 Å². The van der Waals surface area contributed by atoms with Gasteiger partial charge >= 0.3 is 0 Å². The first kappa shape index (κ1) is 13.3. The van der Waals surface area contributed by atoms with Crippen LogP contribution in [-0.2, 0) is 0 Å². The largest absolute Gasteiger partial charge is 0.497 e. The predicted octanol–water partition coefficient (Wildman–Crippen LogP) is 2.70. The lowest BCUT2D eigenvalue weighted by Gasteiger charge is -2.06. The summed E-state index contributed by atoms with van der Waals surface area (Å²) in [6.45, 7) is 1.68. The number of hydrogen-bond donors (Lipinski definition) is 1. The third-order valence-corrected chi connectivity index (χ3v) is 2.58. The molecule has 0 radical (unpaired) electrons. The summed E-state index contributed by atoms with van der Waals surface area (Å²) in [7, 11) is 1.58. The van der Waals surface area contributed by atoms with Crippen molar-refractivity contribution in [1.29, 1.82) is 0 Å². The zero-order valence-corrected chi connectivity index (χ0v) is 11.2. The quantitative estimate of drug-likeness (QED) is 0.876. The fraction of sp³-hybridized carbons (Fsp3) is 0.154. The molecule has 0 saturated carbocycles. The zero-order valence-electron chi connectivity index (χ0n) is 10.5. The molecule has 2 rings (SSSR count). The number of rotatable bonds is 3. The Hall–Kier alpha value is -2.14. The molecule has 0 atom stereocenters. The molecule has 19 heavy (non-hydrogen) atoms. The molecular formula is C13H12ClN3O2. The average molecular weight is 278 g/mol. The summed E-state index contributed by atoms with van der Waals surface area (Å²) in [6, 6.07) is 8.42. The van der Waals surface area contributed by atoms with E-state index in [2.05, 4.69) is 15.3 Å². The summed E-state index contributed by atoms with van der Waals surface area (Å²) in [6.07, 6.45) is 0. The highest BCUT2D eigenvalue weighted by atomic mass is 35.5. The maximum absolute atomic E-state index is 12.0. The van der Waals surface area contributed by atoms with E-state index in [0.717, 1.165) is 5.75 Å². The number of methoxy groups -OCH3 is 1. The molecule has 0 saturated heterocycles. The number of carbonyl (C=O) groups excluding carboxylic acids is 1. The highest BCUT2D eigenvalue weighted by Crippen LogP contribution is 2.16. The Balaban J connectivity index is 2.15. The summed E-state index contributed by atoms with van der Waals surface area (Å²) in [5.74, 6) is 0.837. The second kappa shape index (κ2) is 5.67. The maximum Gasteiger partial charge on any atom is 0.274 e. The van der Waals surface area contributed by atoms with Gasteiger partial charge in [-0.15, -0.1) is 0 Å². The van der Waals surface area contributed by atoms with Gasteiger partial charge in [0.05, 0.1) is 7.11 Å². The van der Waals surface area contributed by atoms with Crippen LogP contribution in [0.2, 0.25) is 5.15 Å². The molecule has 0 aliphatic heterocycles. The molecule has 6 heteroatoms. The number of amides is 1. The number of benzene rings is 1. The van der Waals surface area contributed by atoms with Crippen LogP contribution in [0.4, 0.5) is 5.69 Å². The van der Waals surface area contributed by atoms with Crippen molar-refractivity contribution in [3.63, 3.8) is 0 Å². The van der Waals surface area contributed by atoms with Crippen molar-refractivity contribution in [2.75, 3.05) is 12.4 Å². The van der Waals surface area contributed by atoms with Crippen molar-refractivity contribution in [2.24, 2.45) is 0 Å². The summed E-state index contributed by atoms with van der Waals surface area (Å²) < 4.78 is 5.04. The smallest absolute Gasteiger partial charge is 0.274 e. The molecule has 1 N–H and O–H groups in total. The van der Waals surface area contributed by atoms with Crippen LogP contribution in [0.3, 0.4) is 0 Å². The van der Waals surface area contributed by atoms with E-state index in [4.69, 9.17) is 16.3 Å². The molecular weight excluding hydrogens is 266 g/mol. The average Bonchev–Trinajstić information content (AvgIpc) is 2.38. The number of aryl methyl sites for hydroxylation is 1. The summed E-state index contributed by atoms with van der Waals surface area (Å²) in [5, 5.41) is 2.96. The Morgan fingerprint density at radius 1 is 1.26 bits per heavy atom. The van der Waals surface area contributed by atoms with Crippen LogP contribution in [0.1, 0.15) is 16.3 Å². The molecule has 98 valence electrons. The van der Waals surface area contributed by atoms with E-state index in [1.165, 1.54) is 6.07 Å². The van der Waals surface area contributed by atoms with Gasteiger partial charge in [-0.1, -0.05) is 11.6 Å². The molecule has 1 amide bonds. The second-order valence-corrected chi connectivity index (χ2v) is 4.19. The van der Waals surface area contributed by atoms with Gasteiger partial charge in [-0.2, -0.15) is 0 Å². The molecule has 0 spiro atoms. The van der Waals surface area contributed by atoms with E-state index in [9.17, 15) is 4.79 Å². The number of ether oxygens (including phenoxy) is 1. The van der Waals surface area contributed by atoms with Crippen molar-refractivity contribution < 1.29 is 9.53 Å². The molecule has 0 aliphatic carbocycles. The van der Waals surface area contributed by atoms with Gasteiger partial charge in [0.2, 0.25) is 0 Å². The van der Waals surface area contributed by atoms with Crippen molar-refractivity contribution in [3.05, 3.63) is 47.0 Å². The number of halogens is 1. The van der Waals surface area contributed by atoms with E-state index in [0.29, 0.717) is 11.5 Å². The third kappa shape index (κ3) is 3.42. The van der Waals surface area contributed by atoms with Crippen LogP contribution >= 0.6 is 11.6 Å². The van der Waals surface area contributed by atoms with Crippen LogP contribution in [0.25, 0.3) is 0 Å². The summed E-state index contributed by atoms with van der Waals surface area (Å²) in [5.41, 5.74) is 0.881. The number of nitrogens with one attached hydrogen (secondary N) is 1. The molecule has 1 heterocycles. The fourth-order valence-corrected chi connectivity index (χ4v) is 1.74. The van der Waals surface area contributed by atoms with Crippen molar-refractivity contribution >= 4 is 23.2 Å². The van der Waals surface area contributed by atoms with Crippen molar-refractivity contribution in [2.45, 2.75) is 6.92 Å². The third-order valence-electron chi connectivity index (χ3n) is 2.39. The topological polar surface area (TPSA) is 64.1 Å². The first-order chi connectivity index (χ1) is 9.08. The van der Waals surface area contributed by atoms with Gasteiger partial charge in [0.15, 0.2) is 0 Å². The minimum absolute atomic E-state index is 0.230. The summed E-state index contributed by atoms with van der Waals surface area (Å²) in [4.78, 5) is 19.9. The molecule has 0 bridgehead atoms. The van der Waals surface area contributed by atoms with Crippen LogP contribution in [0.5, 0.6) is 5.75 Å². The van der Waals surface area contributed by atoms with Crippen LogP contribution < -0.4 is 10.1 Å². The maximum atomic E-state index is 12.0. The lowest BCUT2D eigenvalue weighted by atomic mass is 10.3. The van der Waals surface area contributed by atoms with Gasteiger partial charge in [0.1, 0.15) is 22.4 Å². The highest BCUT2D eigenvalue weighted by Gasteiger charge is 2.10. The van der Waals surface area contributed by atoms with Crippen LogP contribution in [0.15, 0.2) is 30.3 Å². The number of carbonyl (C=O) groups is 1. The van der Waals surface area contributed by atoms with Crippen molar-refractivity contribution in [3.8, 4) is 5.75 Å². The molecule has 0 aliphatic rings. The Morgan fingerprint density at radius 2 is 1.95 bits per heavy atom. The van der Waals surface area contributed by atoms with E-state index in [1.807, 2.05) is 0 Å².